The van der Waals surface area contributed by atoms with Crippen LogP contribution in [0.5, 0.6) is 0 Å². The highest BCUT2D eigenvalue weighted by atomic mass is 32.2. The lowest BCUT2D eigenvalue weighted by Gasteiger charge is -2.49. The highest BCUT2D eigenvalue weighted by molar-refractivity contribution is 8.01. The number of nitrogens with two attached hydrogens (primary N) is 1. The van der Waals surface area contributed by atoms with Gasteiger partial charge in [-0.15, -0.1) is 28.2 Å². The predicted octanol–water partition coefficient (Wildman–Crippen LogP) is 0.157. The summed E-state index contributed by atoms with van der Waals surface area (Å²) in [6.45, 7) is -0.454. The molecule has 5 N–H and O–H groups in total. The number of thiazole rings is 1. The molecule has 3 atom stereocenters. The van der Waals surface area contributed by atoms with Crippen molar-refractivity contribution < 1.29 is 34.2 Å². The third kappa shape index (κ3) is 6.20. The van der Waals surface area contributed by atoms with E-state index in [1.54, 1.807) is 5.38 Å². The normalized spacial score (nSPS) is 22.2. The summed E-state index contributed by atoms with van der Waals surface area (Å²) in [6.07, 6.45) is 6.14. The molecule has 1 saturated heterocycles. The van der Waals surface area contributed by atoms with Gasteiger partial charge in [0.15, 0.2) is 10.8 Å². The van der Waals surface area contributed by atoms with Gasteiger partial charge in [0.1, 0.15) is 35.5 Å². The molecule has 0 saturated carbocycles. The summed E-state index contributed by atoms with van der Waals surface area (Å²) in [4.78, 5) is 60.5. The van der Waals surface area contributed by atoms with E-state index in [1.165, 1.54) is 11.8 Å². The van der Waals surface area contributed by atoms with E-state index in [2.05, 4.69) is 31.0 Å². The summed E-state index contributed by atoms with van der Waals surface area (Å²) >= 11 is 3.46. The molecule has 19 heteroatoms. The Balaban J connectivity index is 1.29. The van der Waals surface area contributed by atoms with Gasteiger partial charge in [-0.3, -0.25) is 19.3 Å². The van der Waals surface area contributed by atoms with E-state index in [1.807, 2.05) is 12.2 Å². The van der Waals surface area contributed by atoms with E-state index < -0.39 is 41.7 Å². The van der Waals surface area contributed by atoms with Crippen LogP contribution in [0.15, 0.2) is 39.1 Å². The Kier molecular flexibility index (Phi) is 8.54. The predicted molar refractivity (Wildman–Crippen MR) is 147 cm³/mol. The molecule has 16 nitrogen and oxygen atoms in total. The van der Waals surface area contributed by atoms with Crippen LogP contribution in [0.1, 0.15) is 25.0 Å². The number of carboxylic acid groups (broad SMARTS) is 2. The number of fused-ring (bicyclic) bond motifs is 1. The highest BCUT2D eigenvalue weighted by Gasteiger charge is 2.54. The number of carbonyl (C=O) groups is 4. The molecule has 2 aliphatic heterocycles. The maximum absolute atomic E-state index is 13.3. The zero-order valence-electron chi connectivity index (χ0n) is 21.1. The summed E-state index contributed by atoms with van der Waals surface area (Å²) < 4.78 is 1.08. The number of aromatic nitrogens is 5. The van der Waals surface area contributed by atoms with Gasteiger partial charge >= 0.3 is 11.9 Å². The van der Waals surface area contributed by atoms with Gasteiger partial charge in [0.05, 0.1) is 0 Å². The van der Waals surface area contributed by atoms with Gasteiger partial charge in [-0.25, -0.2) is 14.5 Å². The molecule has 1 aliphatic carbocycles. The number of hydrogen-bond acceptors (Lipinski definition) is 14. The molecule has 3 aliphatic rings. The van der Waals surface area contributed by atoms with Gasteiger partial charge < -0.3 is 26.1 Å². The van der Waals surface area contributed by atoms with Crippen LogP contribution < -0.4 is 11.1 Å². The molecule has 0 spiro atoms. The first-order valence-corrected chi connectivity index (χ1v) is 15.1. The van der Waals surface area contributed by atoms with Crippen molar-refractivity contribution in [1.29, 1.82) is 0 Å². The molecule has 5 rings (SSSR count). The second-order valence-electron chi connectivity index (χ2n) is 8.93. The average molecular weight is 622 g/mol. The number of nitrogens with zero attached hydrogens (tertiary/aromatic N) is 7. The van der Waals surface area contributed by atoms with Crippen LogP contribution in [0.2, 0.25) is 0 Å². The molecule has 41 heavy (non-hydrogen) atoms. The molecule has 2 aromatic heterocycles. The Morgan fingerprint density at radius 1 is 1.32 bits per heavy atom. The maximum Gasteiger partial charge on any atom is 0.352 e. The zero-order chi connectivity index (χ0) is 29.1. The van der Waals surface area contributed by atoms with Crippen molar-refractivity contribution in [2.45, 2.75) is 48.5 Å². The van der Waals surface area contributed by atoms with E-state index in [0.717, 1.165) is 51.9 Å². The van der Waals surface area contributed by atoms with Crippen molar-refractivity contribution in [3.63, 3.8) is 0 Å². The highest BCUT2D eigenvalue weighted by Crippen LogP contribution is 2.41. The number of aliphatic carboxylic acids is 2. The van der Waals surface area contributed by atoms with Crippen LogP contribution in [0.3, 0.4) is 0 Å². The Morgan fingerprint density at radius 3 is 2.83 bits per heavy atom. The topological polar surface area (TPSA) is 228 Å². The number of carbonyl (C=O) groups excluding carboxylic acids is 2. The molecule has 0 bridgehead atoms. The fourth-order valence-corrected chi connectivity index (χ4v) is 7.18. The largest absolute Gasteiger partial charge is 0.480 e. The van der Waals surface area contributed by atoms with Crippen molar-refractivity contribution in [2.75, 3.05) is 17.2 Å². The number of thioether (sulfide) groups is 2. The Morgan fingerprint density at radius 2 is 2.15 bits per heavy atom. The molecular formula is C22H23N9O7S3. The number of nitrogen functional groups attached to an aromatic ring is 1. The number of hydrogen-bond donors (Lipinski definition) is 4. The minimum atomic E-state index is -1.30. The van der Waals surface area contributed by atoms with Crippen LogP contribution in [-0.4, -0.2) is 98.8 Å². The number of carboxylic acids is 2. The number of oxime groups is 1. The lowest BCUT2D eigenvalue weighted by atomic mass is 10.0. The molecule has 216 valence electrons. The second kappa shape index (κ2) is 12.3. The molecule has 2 amide bonds. The number of β-lactam (4-membered cyclic amide) rings is 1. The van der Waals surface area contributed by atoms with E-state index in [9.17, 15) is 24.3 Å². The van der Waals surface area contributed by atoms with Gasteiger partial charge in [0.2, 0.25) is 5.16 Å². The van der Waals surface area contributed by atoms with E-state index >= 15 is 0 Å². The average Bonchev–Trinajstić information content (AvgIpc) is 3.58. The summed E-state index contributed by atoms with van der Waals surface area (Å²) in [5.41, 5.74) is 6.04. The van der Waals surface area contributed by atoms with Gasteiger partial charge in [-0.1, -0.05) is 23.0 Å². The summed E-state index contributed by atoms with van der Waals surface area (Å²) in [7, 11) is 0. The minimum Gasteiger partial charge on any atom is -0.480 e. The number of nitrogens with one attached hydrogen (secondary N) is 1. The Labute approximate surface area is 244 Å². The molecule has 2 aromatic rings. The quantitative estimate of drug-likeness (QED) is 0.0861. The molecule has 0 aromatic carbocycles. The SMILES string of the molecule is Nc1nc(C(=NOC2C=CCCC2)C(=O)NC2C(=O)N3C(C(=O)O)=C(CSc4nnnn4CC(=O)O)CS[C@H]23)cs1. The molecule has 1 fully saturated rings. The van der Waals surface area contributed by atoms with Crippen LogP contribution in [0.25, 0.3) is 0 Å². The van der Waals surface area contributed by atoms with Gasteiger partial charge in [-0.05, 0) is 41.3 Å². The lowest BCUT2D eigenvalue weighted by molar-refractivity contribution is -0.150. The third-order valence-corrected chi connectivity index (χ3v) is 9.22. The van der Waals surface area contributed by atoms with Gasteiger partial charge in [0, 0.05) is 16.9 Å². The van der Waals surface area contributed by atoms with Crippen molar-refractivity contribution in [1.82, 2.24) is 35.4 Å². The van der Waals surface area contributed by atoms with Crippen LogP contribution in [0.4, 0.5) is 5.13 Å². The Bertz CT molecular complexity index is 1470. The maximum atomic E-state index is 13.3. The summed E-state index contributed by atoms with van der Waals surface area (Å²) in [5.74, 6) is -3.39. The first kappa shape index (κ1) is 28.6. The van der Waals surface area contributed by atoms with Crippen molar-refractivity contribution in [2.24, 2.45) is 5.16 Å². The summed E-state index contributed by atoms with van der Waals surface area (Å²) in [5, 5.41) is 37.8. The number of amides is 2. The number of anilines is 1. The van der Waals surface area contributed by atoms with Gasteiger partial charge in [0.25, 0.3) is 11.8 Å². The minimum absolute atomic E-state index is 0.108. The monoisotopic (exact) mass is 621 g/mol. The molecule has 2 unspecified atom stereocenters. The van der Waals surface area contributed by atoms with Gasteiger partial charge in [-0.2, -0.15) is 0 Å². The van der Waals surface area contributed by atoms with E-state index in [-0.39, 0.29) is 45.0 Å². The molecule has 0 radical (unpaired) electrons. The number of tetrazole rings is 1. The first-order valence-electron chi connectivity index (χ1n) is 12.2. The van der Waals surface area contributed by atoms with Crippen molar-refractivity contribution in [3.8, 4) is 0 Å². The Hall–Kier alpha value is -3.97. The second-order valence-corrected chi connectivity index (χ2v) is 11.9. The smallest absolute Gasteiger partial charge is 0.352 e. The third-order valence-electron chi connectivity index (χ3n) is 6.17. The number of allylic oxidation sites excluding steroid dienone is 1. The van der Waals surface area contributed by atoms with Crippen LogP contribution in [0, 0.1) is 0 Å². The first-order chi connectivity index (χ1) is 19.7. The zero-order valence-corrected chi connectivity index (χ0v) is 23.5. The molecule has 4 heterocycles. The van der Waals surface area contributed by atoms with Crippen molar-refractivity contribution in [3.05, 3.63) is 34.5 Å². The fraction of sp³-hybridized carbons (Fsp3) is 0.409. The van der Waals surface area contributed by atoms with Crippen molar-refractivity contribution >= 4 is 69.5 Å². The molecular weight excluding hydrogens is 598 g/mol. The van der Waals surface area contributed by atoms with E-state index in [0.29, 0.717) is 5.57 Å². The lowest BCUT2D eigenvalue weighted by Crippen LogP contribution is -2.71. The van der Waals surface area contributed by atoms with E-state index in [4.69, 9.17) is 15.7 Å². The fourth-order valence-electron chi connectivity index (χ4n) is 4.27. The van der Waals surface area contributed by atoms with Crippen LogP contribution >= 0.6 is 34.9 Å². The van der Waals surface area contributed by atoms with Crippen LogP contribution in [-0.2, 0) is 30.6 Å². The number of rotatable bonds is 11. The summed E-state index contributed by atoms with van der Waals surface area (Å²) in [6, 6.07) is -1.00. The standard InChI is InChI=1S/C22H23N9O7S3/c23-21-24-12(9-40-21)14(27-38-11-4-2-1-3-5-11)17(34)25-15-18(35)31-16(20(36)37)10(7-39-19(15)31)8-41-22-26-28-29-30(22)6-13(32)33/h2,4,9,11,15,19H,1,3,5-8H2,(H2,23,24)(H,25,34)(H,32,33)(H,36,37)/t11?,15?,19-/m1/s1.